The number of rotatable bonds is 5. The van der Waals surface area contributed by atoms with E-state index in [2.05, 4.69) is 20.7 Å². The highest BCUT2D eigenvalue weighted by Gasteiger charge is 2.44. The fourth-order valence-corrected chi connectivity index (χ4v) is 6.84. The van der Waals surface area contributed by atoms with Gasteiger partial charge in [-0.25, -0.2) is 14.2 Å². The second-order valence-corrected chi connectivity index (χ2v) is 13.1. The Morgan fingerprint density at radius 3 is 2.56 bits per heavy atom. The molecule has 0 aliphatic carbocycles. The van der Waals surface area contributed by atoms with Gasteiger partial charge in [0.1, 0.15) is 11.6 Å². The molecule has 5 aromatic rings. The van der Waals surface area contributed by atoms with Gasteiger partial charge in [-0.2, -0.15) is 18.3 Å². The molecule has 0 spiro atoms. The fourth-order valence-electron chi connectivity index (χ4n) is 5.70. The summed E-state index contributed by atoms with van der Waals surface area (Å²) in [6.45, 7) is 7.16. The van der Waals surface area contributed by atoms with Crippen LogP contribution in [-0.4, -0.2) is 32.4 Å². The van der Waals surface area contributed by atoms with Crippen molar-refractivity contribution in [3.63, 3.8) is 0 Å². The number of hydrogen-bond donors (Lipinski definition) is 3. The first kappa shape index (κ1) is 30.7. The van der Waals surface area contributed by atoms with E-state index in [-0.39, 0.29) is 23.5 Å². The standard InChI is InChI=1S/C31H27ClF4N6O2S/c1-15(2)42-21(13-24(40-42)31(34,35)36)25-17(33)12-22(43)27-26(25)30(3,4)14-41(27)20-8-6-5-7-18(20)37-28(44)39-29-38-19-10-9-16(32)11-23(19)45-29/h5-13,15,43H,14H2,1-4H3,(H2,37,38,39,44). The number of fused-ring (bicyclic) bond motifs is 2. The Labute approximate surface area is 264 Å². The molecule has 0 atom stereocenters. The van der Waals surface area contributed by atoms with E-state index in [0.29, 0.717) is 32.6 Å². The number of aromatic nitrogens is 3. The molecule has 0 fully saturated rings. The molecule has 2 amide bonds. The maximum absolute atomic E-state index is 15.8. The van der Waals surface area contributed by atoms with Gasteiger partial charge >= 0.3 is 12.2 Å². The van der Waals surface area contributed by atoms with Gasteiger partial charge in [-0.1, -0.05) is 48.9 Å². The van der Waals surface area contributed by atoms with Crippen molar-refractivity contribution >= 4 is 61.4 Å². The van der Waals surface area contributed by atoms with Crippen LogP contribution in [0.4, 0.5) is 44.5 Å². The largest absolute Gasteiger partial charge is 0.506 e. The van der Waals surface area contributed by atoms with Crippen LogP contribution in [0, 0.1) is 5.82 Å². The zero-order valence-electron chi connectivity index (χ0n) is 24.4. The third-order valence-electron chi connectivity index (χ3n) is 7.52. The van der Waals surface area contributed by atoms with Crippen molar-refractivity contribution in [2.45, 2.75) is 45.3 Å². The number of thiazole rings is 1. The number of aromatic hydroxyl groups is 1. The molecule has 6 rings (SSSR count). The molecule has 0 bridgehead atoms. The van der Waals surface area contributed by atoms with Crippen LogP contribution in [0.1, 0.15) is 45.0 Å². The van der Waals surface area contributed by atoms with Gasteiger partial charge < -0.3 is 15.3 Å². The number of amides is 2. The molecule has 234 valence electrons. The summed E-state index contributed by atoms with van der Waals surface area (Å²) in [5, 5.41) is 21.3. The molecular weight excluding hydrogens is 632 g/mol. The number of alkyl halides is 3. The number of hydrogen-bond acceptors (Lipinski definition) is 6. The van der Waals surface area contributed by atoms with Gasteiger partial charge in [0, 0.05) is 34.7 Å². The summed E-state index contributed by atoms with van der Waals surface area (Å²) in [7, 11) is 0. The minimum absolute atomic E-state index is 0.0519. The highest BCUT2D eigenvalue weighted by molar-refractivity contribution is 7.22. The average Bonchev–Trinajstić information content (AvgIpc) is 3.63. The Morgan fingerprint density at radius 1 is 1.11 bits per heavy atom. The monoisotopic (exact) mass is 658 g/mol. The van der Waals surface area contributed by atoms with Gasteiger partial charge in [0.15, 0.2) is 10.8 Å². The Kier molecular flexibility index (Phi) is 7.44. The summed E-state index contributed by atoms with van der Waals surface area (Å²) < 4.78 is 58.9. The summed E-state index contributed by atoms with van der Waals surface area (Å²) in [6.07, 6.45) is -4.74. The van der Waals surface area contributed by atoms with Gasteiger partial charge in [0.2, 0.25) is 0 Å². The van der Waals surface area contributed by atoms with Crippen molar-refractivity contribution in [3.05, 3.63) is 76.7 Å². The van der Waals surface area contributed by atoms with Crippen LogP contribution in [0.25, 0.3) is 21.5 Å². The highest BCUT2D eigenvalue weighted by Crippen LogP contribution is 2.55. The highest BCUT2D eigenvalue weighted by atomic mass is 35.5. The van der Waals surface area contributed by atoms with Crippen LogP contribution >= 0.6 is 22.9 Å². The first-order valence-corrected chi connectivity index (χ1v) is 15.1. The van der Waals surface area contributed by atoms with Crippen molar-refractivity contribution in [1.29, 1.82) is 0 Å². The SMILES string of the molecule is CC(C)n1nc(C(F)(F)F)cc1-c1c(F)cc(O)c2c1C(C)(C)CN2c1ccccc1NC(=O)Nc1nc2ccc(Cl)cc2s1. The lowest BCUT2D eigenvalue weighted by atomic mass is 9.82. The molecule has 8 nitrogen and oxygen atoms in total. The molecule has 1 aliphatic heterocycles. The summed E-state index contributed by atoms with van der Waals surface area (Å²) in [5.41, 5.74) is -0.0482. The lowest BCUT2D eigenvalue weighted by molar-refractivity contribution is -0.141. The zero-order chi connectivity index (χ0) is 32.4. The average molecular weight is 659 g/mol. The Bertz CT molecular complexity index is 1970. The predicted molar refractivity (Wildman–Crippen MR) is 168 cm³/mol. The molecule has 1 aliphatic rings. The maximum Gasteiger partial charge on any atom is 0.435 e. The van der Waals surface area contributed by atoms with E-state index in [1.54, 1.807) is 61.2 Å². The molecule has 0 saturated carbocycles. The van der Waals surface area contributed by atoms with Gasteiger partial charge in [0.25, 0.3) is 0 Å². The minimum atomic E-state index is -4.74. The number of benzene rings is 3. The van der Waals surface area contributed by atoms with Crippen LogP contribution in [0.3, 0.4) is 0 Å². The Morgan fingerprint density at radius 2 is 1.84 bits per heavy atom. The lowest BCUT2D eigenvalue weighted by Crippen LogP contribution is -2.27. The maximum atomic E-state index is 15.8. The summed E-state index contributed by atoms with van der Waals surface area (Å²) in [6, 6.07) is 12.7. The lowest BCUT2D eigenvalue weighted by Gasteiger charge is -2.25. The van der Waals surface area contributed by atoms with E-state index in [4.69, 9.17) is 11.6 Å². The number of phenols is 1. The first-order valence-electron chi connectivity index (χ1n) is 13.9. The summed E-state index contributed by atoms with van der Waals surface area (Å²) >= 11 is 7.32. The van der Waals surface area contributed by atoms with Crippen molar-refractivity contribution in [1.82, 2.24) is 14.8 Å². The molecule has 14 heteroatoms. The van der Waals surface area contributed by atoms with E-state index in [1.807, 2.05) is 13.8 Å². The number of para-hydroxylation sites is 2. The number of nitrogens with one attached hydrogen (secondary N) is 2. The molecule has 2 aromatic heterocycles. The third-order valence-corrected chi connectivity index (χ3v) is 8.69. The number of phenolic OH excluding ortho intramolecular Hbond substituents is 1. The number of urea groups is 1. The molecule has 0 unspecified atom stereocenters. The topological polar surface area (TPSA) is 95.3 Å². The van der Waals surface area contributed by atoms with Crippen LogP contribution in [-0.2, 0) is 11.6 Å². The van der Waals surface area contributed by atoms with E-state index < -0.39 is 40.9 Å². The molecule has 0 saturated heterocycles. The van der Waals surface area contributed by atoms with Crippen molar-refractivity contribution in [2.24, 2.45) is 0 Å². The quantitative estimate of drug-likeness (QED) is 0.164. The van der Waals surface area contributed by atoms with Gasteiger partial charge in [-0.05, 0) is 55.8 Å². The number of halogens is 5. The molecule has 3 N–H and O–H groups in total. The second kappa shape index (κ2) is 10.9. The number of carbonyl (C=O) groups is 1. The normalized spacial score (nSPS) is 14.3. The number of nitrogens with zero attached hydrogens (tertiary/aromatic N) is 4. The minimum Gasteiger partial charge on any atom is -0.506 e. The summed E-state index contributed by atoms with van der Waals surface area (Å²) in [4.78, 5) is 19.2. The Hall–Kier alpha value is -4.36. The number of anilines is 4. The fraction of sp³-hybridized carbons (Fsp3) is 0.258. The van der Waals surface area contributed by atoms with E-state index >= 15 is 4.39 Å². The van der Waals surface area contributed by atoms with Gasteiger partial charge in [0.05, 0.1) is 33.0 Å². The smallest absolute Gasteiger partial charge is 0.435 e. The molecule has 0 radical (unpaired) electrons. The predicted octanol–water partition coefficient (Wildman–Crippen LogP) is 9.33. The van der Waals surface area contributed by atoms with Crippen molar-refractivity contribution in [2.75, 3.05) is 22.1 Å². The Balaban J connectivity index is 1.41. The van der Waals surface area contributed by atoms with Crippen LogP contribution in [0.2, 0.25) is 5.02 Å². The van der Waals surface area contributed by atoms with Gasteiger partial charge in [-0.3, -0.25) is 10.00 Å². The van der Waals surface area contributed by atoms with Gasteiger partial charge in [-0.15, -0.1) is 0 Å². The zero-order valence-corrected chi connectivity index (χ0v) is 26.0. The van der Waals surface area contributed by atoms with Crippen molar-refractivity contribution in [3.8, 4) is 17.0 Å². The summed E-state index contributed by atoms with van der Waals surface area (Å²) in [5.74, 6) is -1.27. The molecular formula is C31H27ClF4N6O2S. The van der Waals surface area contributed by atoms with E-state index in [1.165, 1.54) is 11.3 Å². The van der Waals surface area contributed by atoms with Crippen LogP contribution in [0.15, 0.2) is 54.6 Å². The first-order chi connectivity index (χ1) is 21.1. The van der Waals surface area contributed by atoms with Crippen LogP contribution in [0.5, 0.6) is 5.75 Å². The van der Waals surface area contributed by atoms with Crippen molar-refractivity contribution < 1.29 is 27.5 Å². The van der Waals surface area contributed by atoms with E-state index in [0.717, 1.165) is 21.5 Å². The third kappa shape index (κ3) is 5.54. The molecule has 3 heterocycles. The molecule has 45 heavy (non-hydrogen) atoms. The van der Waals surface area contributed by atoms with Crippen LogP contribution < -0.4 is 15.5 Å². The second-order valence-electron chi connectivity index (χ2n) is 11.6. The molecule has 3 aromatic carbocycles. The van der Waals surface area contributed by atoms with E-state index in [9.17, 15) is 23.1 Å². The number of carbonyl (C=O) groups excluding carboxylic acids is 1.